The molecule has 2 aromatic heterocycles. The van der Waals surface area contributed by atoms with Gasteiger partial charge in [-0.15, -0.1) is 0 Å². The number of fused-ring (bicyclic) bond motifs is 1. The van der Waals surface area contributed by atoms with Crippen LogP contribution in [0.1, 0.15) is 104 Å². The summed E-state index contributed by atoms with van der Waals surface area (Å²) in [5.41, 5.74) is 7.06. The molecule has 81 heavy (non-hydrogen) atoms. The van der Waals surface area contributed by atoms with Crippen LogP contribution in [0, 0.1) is 22.7 Å². The van der Waals surface area contributed by atoms with Gasteiger partial charge in [-0.2, -0.15) is 10.4 Å². The number of sulfonamides is 1. The number of anilines is 1. The number of benzene rings is 6. The maximum absolute atomic E-state index is 14.6. The lowest BCUT2D eigenvalue weighted by atomic mass is 9.72. The van der Waals surface area contributed by atoms with Crippen LogP contribution in [0.4, 0.5) is 5.69 Å². The van der Waals surface area contributed by atoms with Gasteiger partial charge >= 0.3 is 0 Å². The maximum atomic E-state index is 14.6. The second kappa shape index (κ2) is 23.0. The number of halogens is 1. The fourth-order valence-corrected chi connectivity index (χ4v) is 13.0. The lowest BCUT2D eigenvalue weighted by Crippen LogP contribution is -2.47. The standard InChI is InChI=1S/C66H66ClN7O6S/c1-64(2)31-30-48(57(40-64)47-22-24-53(67)25-23-47)44-72-34-36-73(37-35-72)54-26-27-56(62(75)71-81(77,78)55-38-49(41-68)63(69-42-55)79-45-46-28-32-65(3,76)33-29-46)61(39-54)80-60-21-13-20-59-58(60)43-70-74(59)66(50-14-7-4-8-15-50,51-16-9-5-10-17-51)52-18-11-6-12-19-52/h4-27,38-39,42-43,46,76H,28-37,40,44-45H2,1-3H3,(H,71,75)/t46-,65-. The molecule has 1 amide bonds. The Morgan fingerprint density at radius 1 is 0.790 bits per heavy atom. The van der Waals surface area contributed by atoms with Crippen LogP contribution in [0.2, 0.25) is 5.02 Å². The molecule has 6 aromatic carbocycles. The minimum atomic E-state index is -4.59. The number of allylic oxidation sites excluding steroid dienone is 1. The molecule has 3 aliphatic rings. The average Bonchev–Trinajstić information content (AvgIpc) is 3.85. The summed E-state index contributed by atoms with van der Waals surface area (Å²) in [6.07, 6.45) is 8.78. The zero-order valence-electron chi connectivity index (χ0n) is 45.9. The number of nitriles is 1. The van der Waals surface area contributed by atoms with Crippen molar-refractivity contribution in [2.75, 3.05) is 44.2 Å². The smallest absolute Gasteiger partial charge is 0.268 e. The van der Waals surface area contributed by atoms with Gasteiger partial charge in [0.2, 0.25) is 5.88 Å². The van der Waals surface area contributed by atoms with Gasteiger partial charge in [-0.25, -0.2) is 22.8 Å². The highest BCUT2D eigenvalue weighted by molar-refractivity contribution is 7.90. The van der Waals surface area contributed by atoms with E-state index in [1.54, 1.807) is 12.3 Å². The molecule has 13 nitrogen and oxygen atoms in total. The predicted octanol–water partition coefficient (Wildman–Crippen LogP) is 12.8. The number of aliphatic hydroxyl groups is 1. The van der Waals surface area contributed by atoms with E-state index in [1.807, 2.05) is 115 Å². The molecule has 0 unspecified atom stereocenters. The van der Waals surface area contributed by atoms with Crippen LogP contribution in [0.15, 0.2) is 181 Å². The van der Waals surface area contributed by atoms with E-state index in [0.29, 0.717) is 37.1 Å². The molecule has 11 rings (SSSR count). The summed E-state index contributed by atoms with van der Waals surface area (Å²) < 4.78 is 45.5. The van der Waals surface area contributed by atoms with E-state index in [-0.39, 0.29) is 45.6 Å². The Bertz CT molecular complexity index is 3660. The molecule has 0 radical (unpaired) electrons. The highest BCUT2D eigenvalue weighted by atomic mass is 35.5. The predicted molar refractivity (Wildman–Crippen MR) is 317 cm³/mol. The SMILES string of the molecule is CC1(C)CCC(CN2CCN(c3ccc(C(=O)NS(=O)(=O)c4cnc(OC[C@H]5CC[C@](C)(O)CC5)c(C#N)c4)c(Oc4cccc5c4cnn5C(c4ccccc4)(c4ccccc4)c4ccccc4)c3)CC2)=C(c2ccc(Cl)cc2)C1. The molecule has 0 spiro atoms. The van der Waals surface area contributed by atoms with E-state index >= 15 is 0 Å². The van der Waals surface area contributed by atoms with E-state index < -0.39 is 27.1 Å². The first-order valence-corrected chi connectivity index (χ1v) is 29.7. The average molecular weight is 1120 g/mol. The summed E-state index contributed by atoms with van der Waals surface area (Å²) in [5.74, 6) is -0.257. The molecule has 2 N–H and O–H groups in total. The lowest BCUT2D eigenvalue weighted by molar-refractivity contribution is 0.00125. The second-order valence-corrected chi connectivity index (χ2v) is 25.0. The highest BCUT2D eigenvalue weighted by Crippen LogP contribution is 2.46. The molecule has 15 heteroatoms. The molecule has 3 heterocycles. The first kappa shape index (κ1) is 55.1. The Hall–Kier alpha value is -7.80. The van der Waals surface area contributed by atoms with Crippen molar-refractivity contribution in [1.82, 2.24) is 24.4 Å². The van der Waals surface area contributed by atoms with Crippen LogP contribution in [0.5, 0.6) is 17.4 Å². The topological polar surface area (TPSA) is 163 Å². The van der Waals surface area contributed by atoms with E-state index in [1.165, 1.54) is 16.7 Å². The van der Waals surface area contributed by atoms with Crippen molar-refractivity contribution in [3.05, 3.63) is 214 Å². The number of ether oxygens (including phenoxy) is 2. The quantitative estimate of drug-likeness (QED) is 0.0885. The minimum absolute atomic E-state index is 0.00364. The van der Waals surface area contributed by atoms with E-state index in [2.05, 4.69) is 81.9 Å². The Balaban J connectivity index is 0.917. The van der Waals surface area contributed by atoms with Crippen molar-refractivity contribution >= 4 is 49.7 Å². The number of nitrogens with zero attached hydrogens (tertiary/aromatic N) is 6. The van der Waals surface area contributed by atoms with Gasteiger partial charge < -0.3 is 19.5 Å². The summed E-state index contributed by atoms with van der Waals surface area (Å²) in [6, 6.07) is 53.1. The van der Waals surface area contributed by atoms with Crippen LogP contribution < -0.4 is 19.1 Å². The van der Waals surface area contributed by atoms with Crippen molar-refractivity contribution in [2.45, 2.75) is 81.8 Å². The number of aromatic nitrogens is 3. The van der Waals surface area contributed by atoms with Gasteiger partial charge in [-0.3, -0.25) is 9.69 Å². The summed E-state index contributed by atoms with van der Waals surface area (Å²) in [5, 5.41) is 27.1. The third-order valence-corrected chi connectivity index (χ3v) is 18.1. The monoisotopic (exact) mass is 1120 g/mol. The minimum Gasteiger partial charge on any atom is -0.476 e. The fraction of sp³-hybridized carbons (Fsp3) is 0.303. The largest absolute Gasteiger partial charge is 0.476 e. The molecule has 0 atom stereocenters. The normalized spacial score (nSPS) is 18.8. The Labute approximate surface area is 479 Å². The molecule has 2 fully saturated rings. The zero-order valence-corrected chi connectivity index (χ0v) is 47.5. The molecular weight excluding hydrogens is 1050 g/mol. The molecule has 0 bridgehead atoms. The van der Waals surface area contributed by atoms with Gasteiger partial charge in [0, 0.05) is 49.5 Å². The van der Waals surface area contributed by atoms with Crippen molar-refractivity contribution in [1.29, 1.82) is 5.26 Å². The van der Waals surface area contributed by atoms with Gasteiger partial charge in [0.1, 0.15) is 33.6 Å². The van der Waals surface area contributed by atoms with Crippen LogP contribution in [-0.2, 0) is 15.6 Å². The van der Waals surface area contributed by atoms with Gasteiger partial charge in [0.05, 0.1) is 41.1 Å². The summed E-state index contributed by atoms with van der Waals surface area (Å²) in [7, 11) is -4.59. The van der Waals surface area contributed by atoms with Gasteiger partial charge in [0.15, 0.2) is 0 Å². The second-order valence-electron chi connectivity index (χ2n) is 22.9. The molecule has 1 aliphatic heterocycles. The molecule has 2 aliphatic carbocycles. The number of amides is 1. The molecule has 1 saturated heterocycles. The van der Waals surface area contributed by atoms with Crippen LogP contribution >= 0.6 is 11.6 Å². The molecule has 1 saturated carbocycles. The summed E-state index contributed by atoms with van der Waals surface area (Å²) >= 11 is 6.32. The van der Waals surface area contributed by atoms with Crippen LogP contribution in [0.3, 0.4) is 0 Å². The number of hydrogen-bond donors (Lipinski definition) is 2. The summed E-state index contributed by atoms with van der Waals surface area (Å²) in [6.45, 7) is 10.7. The van der Waals surface area contributed by atoms with E-state index in [4.69, 9.17) is 26.2 Å². The number of piperazine rings is 1. The van der Waals surface area contributed by atoms with Gasteiger partial charge in [-0.1, -0.05) is 140 Å². The van der Waals surface area contributed by atoms with Crippen molar-refractivity contribution in [3.8, 4) is 23.4 Å². The summed E-state index contributed by atoms with van der Waals surface area (Å²) in [4.78, 5) is 23.3. The first-order valence-electron chi connectivity index (χ1n) is 27.8. The number of carbonyl (C=O) groups is 1. The Morgan fingerprint density at radius 2 is 1.43 bits per heavy atom. The van der Waals surface area contributed by atoms with Crippen molar-refractivity contribution in [2.24, 2.45) is 11.3 Å². The zero-order chi connectivity index (χ0) is 56.4. The number of rotatable bonds is 16. The van der Waals surface area contributed by atoms with Crippen molar-refractivity contribution in [3.63, 3.8) is 0 Å². The third-order valence-electron chi connectivity index (χ3n) is 16.5. The highest BCUT2D eigenvalue weighted by Gasteiger charge is 2.41. The van der Waals surface area contributed by atoms with Crippen LogP contribution in [-0.4, -0.2) is 84.0 Å². The lowest BCUT2D eigenvalue weighted by Gasteiger charge is -2.39. The van der Waals surface area contributed by atoms with Gasteiger partial charge in [0.25, 0.3) is 15.9 Å². The molecular formula is C66H66ClN7O6S. The van der Waals surface area contributed by atoms with E-state index in [0.717, 1.165) is 96.9 Å². The number of nitrogens with one attached hydrogen (secondary N) is 1. The van der Waals surface area contributed by atoms with E-state index in [9.17, 15) is 23.6 Å². The number of hydrogen-bond acceptors (Lipinski definition) is 11. The number of carbonyl (C=O) groups excluding carboxylic acids is 1. The molecule has 414 valence electrons. The maximum Gasteiger partial charge on any atom is 0.268 e. The third kappa shape index (κ3) is 11.7. The fourth-order valence-electron chi connectivity index (χ4n) is 12.0. The van der Waals surface area contributed by atoms with Gasteiger partial charge in [-0.05, 0) is 133 Å². The molecule has 8 aromatic rings. The van der Waals surface area contributed by atoms with Crippen molar-refractivity contribution < 1.29 is 27.8 Å². The Morgan fingerprint density at radius 3 is 2.06 bits per heavy atom. The first-order chi connectivity index (χ1) is 39.1. The number of pyridine rings is 1. The Kier molecular flexibility index (Phi) is 15.6. The van der Waals surface area contributed by atoms with Crippen LogP contribution in [0.25, 0.3) is 16.5 Å².